The van der Waals surface area contributed by atoms with Crippen molar-refractivity contribution in [3.8, 4) is 12.1 Å². The Morgan fingerprint density at radius 1 is 0.351 bits per heavy atom. The van der Waals surface area contributed by atoms with Crippen LogP contribution in [-0.4, -0.2) is 4.40 Å². The molecule has 0 N–H and O–H groups in total. The molecule has 2 heterocycles. The predicted octanol–water partition coefficient (Wildman–Crippen LogP) is 13.8. The van der Waals surface area contributed by atoms with Gasteiger partial charge in [0.1, 0.15) is 12.1 Å². The lowest BCUT2D eigenvalue weighted by atomic mass is 10.0. The number of rotatable bonds is 6. The highest BCUT2D eigenvalue weighted by Gasteiger charge is 2.21. The van der Waals surface area contributed by atoms with Gasteiger partial charge in [-0.1, -0.05) is 91.0 Å². The van der Waals surface area contributed by atoms with Crippen molar-refractivity contribution in [1.29, 1.82) is 10.5 Å². The SMILES string of the molecule is N#Cc1ccccc1N(c1ccccc1)c1ccc2cc3c4cccc5c6cc7ccc(N(c8ccccc8)c8ccccc8C#N)cc7cc6n(c3cc2c1)c45. The summed E-state index contributed by atoms with van der Waals surface area (Å²) in [6, 6.07) is 69.9. The average molecular weight is 726 g/mol. The third-order valence-corrected chi connectivity index (χ3v) is 11.3. The van der Waals surface area contributed by atoms with E-state index in [0.717, 1.165) is 66.7 Å². The number of aromatic nitrogens is 1. The molecule has 0 radical (unpaired) electrons. The zero-order valence-electron chi connectivity index (χ0n) is 30.6. The predicted molar refractivity (Wildman–Crippen MR) is 235 cm³/mol. The van der Waals surface area contributed by atoms with Crippen LogP contribution in [0.15, 0.2) is 188 Å². The highest BCUT2D eigenvalue weighted by Crippen LogP contribution is 2.44. The van der Waals surface area contributed by atoms with Crippen molar-refractivity contribution < 1.29 is 0 Å². The van der Waals surface area contributed by atoms with E-state index in [4.69, 9.17) is 0 Å². The third kappa shape index (κ3) is 5.01. The van der Waals surface area contributed by atoms with Gasteiger partial charge >= 0.3 is 0 Å². The van der Waals surface area contributed by atoms with E-state index in [9.17, 15) is 10.5 Å². The van der Waals surface area contributed by atoms with Crippen molar-refractivity contribution in [2.24, 2.45) is 0 Å². The van der Waals surface area contributed by atoms with Crippen molar-refractivity contribution in [3.05, 3.63) is 199 Å². The minimum Gasteiger partial charge on any atom is -0.309 e. The second kappa shape index (κ2) is 12.7. The van der Waals surface area contributed by atoms with Crippen molar-refractivity contribution in [2.45, 2.75) is 0 Å². The van der Waals surface area contributed by atoms with Gasteiger partial charge in [-0.15, -0.1) is 0 Å². The Hall–Kier alpha value is -8.12. The summed E-state index contributed by atoms with van der Waals surface area (Å²) in [5, 5.41) is 29.6. The molecule has 0 unspecified atom stereocenters. The minimum absolute atomic E-state index is 0.614. The fourth-order valence-electron chi connectivity index (χ4n) is 8.75. The van der Waals surface area contributed by atoms with Gasteiger partial charge in [0.2, 0.25) is 0 Å². The van der Waals surface area contributed by atoms with Gasteiger partial charge in [0.05, 0.1) is 39.1 Å². The Morgan fingerprint density at radius 2 is 0.789 bits per heavy atom. The van der Waals surface area contributed by atoms with Gasteiger partial charge in [-0.2, -0.15) is 10.5 Å². The summed E-state index contributed by atoms with van der Waals surface area (Å²) in [7, 11) is 0. The molecule has 264 valence electrons. The van der Waals surface area contributed by atoms with E-state index in [2.05, 4.69) is 129 Å². The van der Waals surface area contributed by atoms with E-state index < -0.39 is 0 Å². The summed E-state index contributed by atoms with van der Waals surface area (Å²) in [5.41, 5.74) is 10.4. The van der Waals surface area contributed by atoms with Gasteiger partial charge in [-0.25, -0.2) is 0 Å². The lowest BCUT2D eigenvalue weighted by Crippen LogP contribution is -2.11. The molecule has 0 aliphatic carbocycles. The van der Waals surface area contributed by atoms with Crippen molar-refractivity contribution >= 4 is 93.8 Å². The summed E-state index contributed by atoms with van der Waals surface area (Å²) < 4.78 is 2.44. The number of anilines is 6. The third-order valence-electron chi connectivity index (χ3n) is 11.3. The largest absolute Gasteiger partial charge is 0.309 e. The number of nitrogens with zero attached hydrogens (tertiary/aromatic N) is 5. The molecular formula is C52H31N5. The Balaban J connectivity index is 1.14. The van der Waals surface area contributed by atoms with E-state index in [0.29, 0.717) is 11.1 Å². The van der Waals surface area contributed by atoms with E-state index >= 15 is 0 Å². The lowest BCUT2D eigenvalue weighted by molar-refractivity contribution is 1.27. The minimum atomic E-state index is 0.614. The molecule has 0 aliphatic rings. The van der Waals surface area contributed by atoms with Crippen LogP contribution in [0.3, 0.4) is 0 Å². The number of fused-ring (bicyclic) bond motifs is 8. The van der Waals surface area contributed by atoms with Crippen LogP contribution in [0.25, 0.3) is 59.6 Å². The molecule has 9 aromatic carbocycles. The highest BCUT2D eigenvalue weighted by molar-refractivity contribution is 6.26. The first-order valence-electron chi connectivity index (χ1n) is 19.0. The summed E-state index contributed by atoms with van der Waals surface area (Å²) in [5.74, 6) is 0. The van der Waals surface area contributed by atoms with Crippen molar-refractivity contribution in [1.82, 2.24) is 4.40 Å². The second-order valence-electron chi connectivity index (χ2n) is 14.4. The van der Waals surface area contributed by atoms with Gasteiger partial charge in [0, 0.05) is 44.3 Å². The van der Waals surface area contributed by atoms with Gasteiger partial charge in [-0.05, 0) is 119 Å². The molecule has 0 fully saturated rings. The quantitative estimate of drug-likeness (QED) is 0.171. The number of nitriles is 2. The Bertz CT molecular complexity index is 3220. The van der Waals surface area contributed by atoms with Gasteiger partial charge in [0.25, 0.3) is 0 Å². The smallest absolute Gasteiger partial charge is 0.101 e. The maximum absolute atomic E-state index is 10.1. The summed E-state index contributed by atoms with van der Waals surface area (Å²) in [4.78, 5) is 4.33. The molecule has 0 bridgehead atoms. The molecule has 0 amide bonds. The molecule has 11 rings (SSSR count). The molecule has 5 nitrogen and oxygen atoms in total. The van der Waals surface area contributed by atoms with Crippen molar-refractivity contribution in [2.75, 3.05) is 9.80 Å². The van der Waals surface area contributed by atoms with Crippen LogP contribution in [0.2, 0.25) is 0 Å². The monoisotopic (exact) mass is 725 g/mol. The number of hydrogen-bond acceptors (Lipinski definition) is 4. The molecule has 2 aromatic heterocycles. The highest BCUT2D eigenvalue weighted by atomic mass is 15.1. The van der Waals surface area contributed by atoms with Crippen LogP contribution in [-0.2, 0) is 0 Å². The van der Waals surface area contributed by atoms with Gasteiger partial charge in [0.15, 0.2) is 0 Å². The molecule has 0 saturated carbocycles. The maximum atomic E-state index is 10.1. The van der Waals surface area contributed by atoms with E-state index in [1.54, 1.807) is 0 Å². The molecule has 5 heteroatoms. The molecule has 11 aromatic rings. The normalized spacial score (nSPS) is 11.5. The van der Waals surface area contributed by atoms with Crippen LogP contribution < -0.4 is 9.80 Å². The molecular weight excluding hydrogens is 695 g/mol. The van der Waals surface area contributed by atoms with Crippen LogP contribution >= 0.6 is 0 Å². The Labute approximate surface area is 328 Å². The molecule has 0 spiro atoms. The van der Waals surface area contributed by atoms with Crippen molar-refractivity contribution in [3.63, 3.8) is 0 Å². The number of benzene rings is 9. The first kappa shape index (κ1) is 32.3. The second-order valence-corrected chi connectivity index (χ2v) is 14.4. The Kier molecular flexibility index (Phi) is 7.22. The Morgan fingerprint density at radius 3 is 1.25 bits per heavy atom. The summed E-state index contributed by atoms with van der Waals surface area (Å²) in [6.45, 7) is 0. The van der Waals surface area contributed by atoms with Gasteiger partial charge < -0.3 is 14.2 Å². The first-order valence-corrected chi connectivity index (χ1v) is 19.0. The maximum Gasteiger partial charge on any atom is 0.101 e. The first-order chi connectivity index (χ1) is 28.2. The van der Waals surface area contributed by atoms with Crippen LogP contribution in [0.5, 0.6) is 0 Å². The molecule has 0 atom stereocenters. The fraction of sp³-hybridized carbons (Fsp3) is 0. The molecule has 57 heavy (non-hydrogen) atoms. The zero-order chi connectivity index (χ0) is 38.0. The molecule has 0 aliphatic heterocycles. The fourth-order valence-corrected chi connectivity index (χ4v) is 8.75. The standard InChI is InChI=1S/C52H31N5/c53-32-36-12-7-9-20-48(36)55(40-14-3-1-4-15-40)42-24-22-34-28-46-44-18-11-19-45-47-29-35-23-25-43(27-39(35)31-51(47)57(52(44)45)50(46)30-38(34)26-42)56(41-16-5-2-6-17-41)49-21-10-8-13-37(49)33-54/h1-31H. The van der Waals surface area contributed by atoms with Crippen LogP contribution in [0.1, 0.15) is 11.1 Å². The van der Waals surface area contributed by atoms with E-state index in [1.807, 2.05) is 84.9 Å². The number of para-hydroxylation sites is 5. The summed E-state index contributed by atoms with van der Waals surface area (Å²) >= 11 is 0. The topological polar surface area (TPSA) is 58.5 Å². The lowest BCUT2D eigenvalue weighted by Gasteiger charge is -2.26. The zero-order valence-corrected chi connectivity index (χ0v) is 30.6. The van der Waals surface area contributed by atoms with Crippen LogP contribution in [0, 0.1) is 22.7 Å². The average Bonchev–Trinajstić information content (AvgIpc) is 3.77. The van der Waals surface area contributed by atoms with E-state index in [1.165, 1.54) is 27.1 Å². The summed E-state index contributed by atoms with van der Waals surface area (Å²) in [6.07, 6.45) is 0. The number of hydrogen-bond donors (Lipinski definition) is 0. The van der Waals surface area contributed by atoms with E-state index in [-0.39, 0.29) is 0 Å². The van der Waals surface area contributed by atoms with Gasteiger partial charge in [-0.3, -0.25) is 0 Å². The van der Waals surface area contributed by atoms with Crippen LogP contribution in [0.4, 0.5) is 34.1 Å². The molecule has 0 saturated heterocycles.